The number of pyridine rings is 1. The van der Waals surface area contributed by atoms with Gasteiger partial charge in [0.1, 0.15) is 5.82 Å². The fourth-order valence-corrected chi connectivity index (χ4v) is 3.04. The van der Waals surface area contributed by atoms with Crippen LogP contribution >= 0.6 is 0 Å². The molecule has 2 aromatic rings. The molecule has 0 atom stereocenters. The molecular formula is C18H22N4O. The summed E-state index contributed by atoms with van der Waals surface area (Å²) < 4.78 is 0. The number of urea groups is 1. The number of nitrogens with one attached hydrogen (secondary N) is 2. The van der Waals surface area contributed by atoms with E-state index >= 15 is 0 Å². The maximum Gasteiger partial charge on any atom is 0.315 e. The number of fused-ring (bicyclic) bond motifs is 1. The van der Waals surface area contributed by atoms with Gasteiger partial charge in [-0.25, -0.2) is 9.78 Å². The van der Waals surface area contributed by atoms with Gasteiger partial charge in [-0.3, -0.25) is 0 Å². The number of carbonyl (C=O) groups is 1. The topological polar surface area (TPSA) is 57.3 Å². The first kappa shape index (κ1) is 15.3. The zero-order valence-corrected chi connectivity index (χ0v) is 13.5. The van der Waals surface area contributed by atoms with Crippen LogP contribution in [0.15, 0.2) is 42.6 Å². The van der Waals surface area contributed by atoms with Gasteiger partial charge in [0, 0.05) is 38.4 Å². The number of amides is 2. The van der Waals surface area contributed by atoms with E-state index in [4.69, 9.17) is 0 Å². The molecule has 1 heterocycles. The second-order valence-corrected chi connectivity index (χ2v) is 6.08. The van der Waals surface area contributed by atoms with Gasteiger partial charge in [0.2, 0.25) is 0 Å². The van der Waals surface area contributed by atoms with Crippen LogP contribution in [0.4, 0.5) is 10.6 Å². The Bertz CT molecular complexity index is 674. The number of anilines is 1. The lowest BCUT2D eigenvalue weighted by molar-refractivity contribution is 0.237. The van der Waals surface area contributed by atoms with E-state index in [-0.39, 0.29) is 12.1 Å². The van der Waals surface area contributed by atoms with Crippen molar-refractivity contribution in [3.8, 4) is 0 Å². The van der Waals surface area contributed by atoms with Crippen LogP contribution in [-0.4, -0.2) is 31.2 Å². The van der Waals surface area contributed by atoms with Gasteiger partial charge in [-0.15, -0.1) is 0 Å². The summed E-state index contributed by atoms with van der Waals surface area (Å²) in [6, 6.07) is 12.3. The Morgan fingerprint density at radius 3 is 2.52 bits per heavy atom. The van der Waals surface area contributed by atoms with Crippen LogP contribution in [0.5, 0.6) is 0 Å². The summed E-state index contributed by atoms with van der Waals surface area (Å²) in [6.07, 6.45) is 3.56. The number of benzene rings is 1. The summed E-state index contributed by atoms with van der Waals surface area (Å²) in [7, 11) is 3.89. The molecule has 0 saturated heterocycles. The lowest BCUT2D eigenvalue weighted by Crippen LogP contribution is -2.42. The van der Waals surface area contributed by atoms with E-state index in [0.717, 1.165) is 24.2 Å². The average Bonchev–Trinajstić information content (AvgIpc) is 2.95. The molecule has 0 spiro atoms. The largest absolute Gasteiger partial charge is 0.362 e. The molecule has 3 rings (SSSR count). The van der Waals surface area contributed by atoms with Gasteiger partial charge in [-0.2, -0.15) is 0 Å². The Hall–Kier alpha value is -2.56. The van der Waals surface area contributed by atoms with Crippen molar-refractivity contribution in [2.45, 2.75) is 25.4 Å². The summed E-state index contributed by atoms with van der Waals surface area (Å²) in [6.45, 7) is 0.465. The summed E-state index contributed by atoms with van der Waals surface area (Å²) >= 11 is 0. The lowest BCUT2D eigenvalue weighted by atomic mass is 10.1. The molecule has 0 unspecified atom stereocenters. The van der Waals surface area contributed by atoms with Gasteiger partial charge in [0.25, 0.3) is 0 Å². The molecule has 5 heteroatoms. The summed E-state index contributed by atoms with van der Waals surface area (Å²) in [4.78, 5) is 18.4. The Morgan fingerprint density at radius 2 is 1.87 bits per heavy atom. The quantitative estimate of drug-likeness (QED) is 0.909. The van der Waals surface area contributed by atoms with Crippen molar-refractivity contribution in [1.82, 2.24) is 15.6 Å². The highest BCUT2D eigenvalue weighted by Gasteiger charge is 2.22. The molecule has 1 aromatic carbocycles. The number of nitrogens with zero attached hydrogens (tertiary/aromatic N) is 2. The zero-order chi connectivity index (χ0) is 16.2. The standard InChI is InChI=1S/C18H22N4O/c1-22(2)17-15(8-5-9-19-17)12-20-18(23)21-16-10-13-6-3-4-7-14(13)11-16/h3-9,16H,10-12H2,1-2H3,(H2,20,21,23). The van der Waals surface area contributed by atoms with Crippen LogP contribution < -0.4 is 15.5 Å². The molecule has 0 fully saturated rings. The van der Waals surface area contributed by atoms with Crippen LogP contribution in [-0.2, 0) is 19.4 Å². The minimum atomic E-state index is -0.128. The fourth-order valence-electron chi connectivity index (χ4n) is 3.04. The van der Waals surface area contributed by atoms with Gasteiger partial charge < -0.3 is 15.5 Å². The number of carbonyl (C=O) groups excluding carboxylic acids is 1. The number of hydrogen-bond donors (Lipinski definition) is 2. The minimum absolute atomic E-state index is 0.128. The maximum absolute atomic E-state index is 12.1. The molecule has 2 amide bonds. The summed E-state index contributed by atoms with van der Waals surface area (Å²) in [5.41, 5.74) is 3.67. The van der Waals surface area contributed by atoms with Gasteiger partial charge in [-0.05, 0) is 30.0 Å². The van der Waals surface area contributed by atoms with Crippen molar-refractivity contribution in [2.75, 3.05) is 19.0 Å². The average molecular weight is 310 g/mol. The van der Waals surface area contributed by atoms with Crippen molar-refractivity contribution >= 4 is 11.8 Å². The third kappa shape index (κ3) is 3.62. The number of rotatable bonds is 4. The van der Waals surface area contributed by atoms with Gasteiger partial charge in [0.15, 0.2) is 0 Å². The Balaban J connectivity index is 1.53. The Morgan fingerprint density at radius 1 is 1.17 bits per heavy atom. The molecule has 0 bridgehead atoms. The van der Waals surface area contributed by atoms with Crippen molar-refractivity contribution in [3.05, 3.63) is 59.3 Å². The highest BCUT2D eigenvalue weighted by Crippen LogP contribution is 2.21. The van der Waals surface area contributed by atoms with Crippen LogP contribution in [0, 0.1) is 0 Å². The third-order valence-corrected chi connectivity index (χ3v) is 4.12. The smallest absolute Gasteiger partial charge is 0.315 e. The summed E-state index contributed by atoms with van der Waals surface area (Å²) in [5.74, 6) is 0.876. The van der Waals surface area contributed by atoms with E-state index in [2.05, 4.69) is 27.8 Å². The predicted octanol–water partition coefficient (Wildman–Crippen LogP) is 2.11. The molecule has 1 aliphatic rings. The van der Waals surface area contributed by atoms with Gasteiger partial charge >= 0.3 is 6.03 Å². The van der Waals surface area contributed by atoms with Crippen LogP contribution in [0.3, 0.4) is 0 Å². The highest BCUT2D eigenvalue weighted by molar-refractivity contribution is 5.74. The van der Waals surface area contributed by atoms with Crippen molar-refractivity contribution in [3.63, 3.8) is 0 Å². The first-order chi connectivity index (χ1) is 11.1. The minimum Gasteiger partial charge on any atom is -0.362 e. The molecule has 0 saturated carbocycles. The van der Waals surface area contributed by atoms with Crippen LogP contribution in [0.25, 0.3) is 0 Å². The Labute approximate surface area is 136 Å². The molecule has 1 aromatic heterocycles. The van der Waals surface area contributed by atoms with Gasteiger partial charge in [-0.1, -0.05) is 30.3 Å². The molecule has 2 N–H and O–H groups in total. The highest BCUT2D eigenvalue weighted by atomic mass is 16.2. The predicted molar refractivity (Wildman–Crippen MR) is 91.6 cm³/mol. The van der Waals surface area contributed by atoms with E-state index in [1.807, 2.05) is 43.3 Å². The molecule has 1 aliphatic carbocycles. The number of aromatic nitrogens is 1. The van der Waals surface area contributed by atoms with E-state index in [1.54, 1.807) is 6.20 Å². The van der Waals surface area contributed by atoms with Crippen molar-refractivity contribution < 1.29 is 4.79 Å². The van der Waals surface area contributed by atoms with Crippen molar-refractivity contribution in [2.24, 2.45) is 0 Å². The zero-order valence-electron chi connectivity index (χ0n) is 13.5. The Kier molecular flexibility index (Phi) is 4.46. The molecular weight excluding hydrogens is 288 g/mol. The van der Waals surface area contributed by atoms with Crippen molar-refractivity contribution in [1.29, 1.82) is 0 Å². The third-order valence-electron chi connectivity index (χ3n) is 4.12. The van der Waals surface area contributed by atoms with Crippen LogP contribution in [0.1, 0.15) is 16.7 Å². The molecule has 23 heavy (non-hydrogen) atoms. The summed E-state index contributed by atoms with van der Waals surface area (Å²) in [5, 5.41) is 5.99. The monoisotopic (exact) mass is 310 g/mol. The molecule has 120 valence electrons. The van der Waals surface area contributed by atoms with E-state index in [1.165, 1.54) is 11.1 Å². The molecule has 0 radical (unpaired) electrons. The van der Waals surface area contributed by atoms with E-state index in [9.17, 15) is 4.79 Å². The SMILES string of the molecule is CN(C)c1ncccc1CNC(=O)NC1Cc2ccccc2C1. The molecule has 5 nitrogen and oxygen atoms in total. The van der Waals surface area contributed by atoms with Gasteiger partial charge in [0.05, 0.1) is 0 Å². The first-order valence-corrected chi connectivity index (χ1v) is 7.86. The van der Waals surface area contributed by atoms with E-state index < -0.39 is 0 Å². The lowest BCUT2D eigenvalue weighted by Gasteiger charge is -2.17. The second-order valence-electron chi connectivity index (χ2n) is 6.08. The molecule has 0 aliphatic heterocycles. The maximum atomic E-state index is 12.1. The van der Waals surface area contributed by atoms with E-state index in [0.29, 0.717) is 6.54 Å². The normalized spacial score (nSPS) is 13.5. The second kappa shape index (κ2) is 6.69. The first-order valence-electron chi connectivity index (χ1n) is 7.86. The number of hydrogen-bond acceptors (Lipinski definition) is 3. The fraction of sp³-hybridized carbons (Fsp3) is 0.333. The van der Waals surface area contributed by atoms with Crippen LogP contribution in [0.2, 0.25) is 0 Å².